The third-order valence-electron chi connectivity index (χ3n) is 3.94. The molecule has 1 saturated carbocycles. The van der Waals surface area contributed by atoms with Crippen molar-refractivity contribution in [1.29, 1.82) is 0 Å². The monoisotopic (exact) mass is 351 g/mol. The van der Waals surface area contributed by atoms with Gasteiger partial charge in [0.05, 0.1) is 16.7 Å². The van der Waals surface area contributed by atoms with Crippen molar-refractivity contribution in [3.63, 3.8) is 0 Å². The maximum atomic E-state index is 12.5. The smallest absolute Gasteiger partial charge is 0.291 e. The van der Waals surface area contributed by atoms with Crippen molar-refractivity contribution in [2.75, 3.05) is 5.32 Å². The molecule has 0 bridgehead atoms. The van der Waals surface area contributed by atoms with E-state index in [1.54, 1.807) is 23.3 Å². The van der Waals surface area contributed by atoms with E-state index in [0.717, 1.165) is 5.82 Å². The van der Waals surface area contributed by atoms with E-state index in [1.807, 2.05) is 6.92 Å². The fourth-order valence-corrected chi connectivity index (χ4v) is 2.82. The van der Waals surface area contributed by atoms with E-state index in [4.69, 9.17) is 0 Å². The summed E-state index contributed by atoms with van der Waals surface area (Å²) in [5.74, 6) is 1.38. The van der Waals surface area contributed by atoms with Gasteiger partial charge in [-0.1, -0.05) is 6.42 Å². The highest BCUT2D eigenvalue weighted by atomic mass is 79.9. The lowest BCUT2D eigenvalue weighted by Gasteiger charge is -2.25. The largest absolute Gasteiger partial charge is 0.370 e. The number of anilines is 1. The van der Waals surface area contributed by atoms with Gasteiger partial charge in [0.1, 0.15) is 11.5 Å². The van der Waals surface area contributed by atoms with Gasteiger partial charge in [-0.15, -0.1) is 0 Å². The van der Waals surface area contributed by atoms with Gasteiger partial charge in [0.25, 0.3) is 5.56 Å². The fourth-order valence-electron chi connectivity index (χ4n) is 2.45. The van der Waals surface area contributed by atoms with Crippen LogP contribution in [0.2, 0.25) is 0 Å². The van der Waals surface area contributed by atoms with Crippen LogP contribution in [-0.4, -0.2) is 19.7 Å². The molecule has 0 radical (unpaired) electrons. The maximum Gasteiger partial charge on any atom is 0.291 e. The van der Waals surface area contributed by atoms with Crippen LogP contribution in [0.1, 0.15) is 38.1 Å². The number of halogens is 1. The molecule has 2 aromatic heterocycles. The molecule has 0 amide bonds. The van der Waals surface area contributed by atoms with Crippen LogP contribution in [0.25, 0.3) is 0 Å². The van der Waals surface area contributed by atoms with Gasteiger partial charge < -0.3 is 10.3 Å². The van der Waals surface area contributed by atoms with E-state index in [9.17, 15) is 4.79 Å². The van der Waals surface area contributed by atoms with Crippen LogP contribution in [0.5, 0.6) is 0 Å². The Morgan fingerprint density at radius 3 is 3.00 bits per heavy atom. The molecule has 1 unspecified atom stereocenters. The molecule has 2 N–H and O–H groups in total. The van der Waals surface area contributed by atoms with Gasteiger partial charge in [-0.25, -0.2) is 9.67 Å². The summed E-state index contributed by atoms with van der Waals surface area (Å²) in [7, 11) is 0. The topological polar surface area (TPSA) is 75.6 Å². The first-order valence-corrected chi connectivity index (χ1v) is 7.96. The average molecular weight is 352 g/mol. The van der Waals surface area contributed by atoms with Crippen molar-refractivity contribution in [1.82, 2.24) is 19.7 Å². The standard InChI is InChI=1S/C14H18BrN5O/c1-9(13-16-5-6-17-13)19-12-11(15)7-18-20(14(12)21)8-10-3-2-4-10/h5-7,9-10,19H,2-4,8H2,1H3,(H,16,17). The number of aromatic amines is 1. The third-order valence-corrected chi connectivity index (χ3v) is 4.55. The van der Waals surface area contributed by atoms with Crippen molar-refractivity contribution >= 4 is 21.6 Å². The lowest BCUT2D eigenvalue weighted by molar-refractivity contribution is 0.262. The number of imidazole rings is 1. The lowest BCUT2D eigenvalue weighted by atomic mass is 9.85. The van der Waals surface area contributed by atoms with Gasteiger partial charge >= 0.3 is 0 Å². The maximum absolute atomic E-state index is 12.5. The third kappa shape index (κ3) is 3.02. The molecule has 1 atom stereocenters. The predicted molar refractivity (Wildman–Crippen MR) is 84.2 cm³/mol. The zero-order valence-electron chi connectivity index (χ0n) is 11.8. The summed E-state index contributed by atoms with van der Waals surface area (Å²) in [5, 5.41) is 7.44. The molecule has 2 heterocycles. The predicted octanol–water partition coefficient (Wildman–Crippen LogP) is 2.70. The van der Waals surface area contributed by atoms with E-state index < -0.39 is 0 Å². The first-order chi connectivity index (χ1) is 10.1. The summed E-state index contributed by atoms with van der Waals surface area (Å²) < 4.78 is 2.24. The number of rotatable bonds is 5. The fraction of sp³-hybridized carbons (Fsp3) is 0.500. The molecule has 3 rings (SSSR count). The SMILES string of the molecule is CC(Nc1c(Br)cnn(CC2CCC2)c1=O)c1ncc[nH]1. The summed E-state index contributed by atoms with van der Waals surface area (Å²) in [4.78, 5) is 19.8. The Bertz CT molecular complexity index is 662. The Hall–Kier alpha value is -1.63. The molecule has 2 aromatic rings. The minimum Gasteiger partial charge on any atom is -0.370 e. The van der Waals surface area contributed by atoms with Crippen molar-refractivity contribution in [3.8, 4) is 0 Å². The van der Waals surface area contributed by atoms with E-state index in [0.29, 0.717) is 22.6 Å². The molecule has 6 nitrogen and oxygen atoms in total. The van der Waals surface area contributed by atoms with E-state index in [1.165, 1.54) is 19.3 Å². The van der Waals surface area contributed by atoms with Crippen molar-refractivity contribution in [3.05, 3.63) is 39.2 Å². The Morgan fingerprint density at radius 1 is 1.57 bits per heavy atom. The average Bonchev–Trinajstić information content (AvgIpc) is 2.94. The lowest BCUT2D eigenvalue weighted by Crippen LogP contribution is -2.31. The van der Waals surface area contributed by atoms with Crippen LogP contribution >= 0.6 is 15.9 Å². The van der Waals surface area contributed by atoms with E-state index in [-0.39, 0.29) is 11.6 Å². The molecule has 0 saturated heterocycles. The zero-order valence-corrected chi connectivity index (χ0v) is 13.4. The normalized spacial score (nSPS) is 16.5. The van der Waals surface area contributed by atoms with Crippen LogP contribution in [0, 0.1) is 5.92 Å². The second-order valence-corrected chi connectivity index (χ2v) is 6.35. The molecular weight excluding hydrogens is 334 g/mol. The van der Waals surface area contributed by atoms with Crippen molar-refractivity contribution in [2.45, 2.75) is 38.8 Å². The van der Waals surface area contributed by atoms with Crippen molar-refractivity contribution in [2.24, 2.45) is 5.92 Å². The molecule has 1 aliphatic carbocycles. The highest BCUT2D eigenvalue weighted by molar-refractivity contribution is 9.10. The number of nitrogens with one attached hydrogen (secondary N) is 2. The number of hydrogen-bond donors (Lipinski definition) is 2. The molecule has 0 spiro atoms. The second-order valence-electron chi connectivity index (χ2n) is 5.49. The van der Waals surface area contributed by atoms with Crippen LogP contribution in [0.4, 0.5) is 5.69 Å². The van der Waals surface area contributed by atoms with Gasteiger partial charge in [0.15, 0.2) is 0 Å². The molecule has 0 aromatic carbocycles. The number of nitrogens with zero attached hydrogens (tertiary/aromatic N) is 3. The van der Waals surface area contributed by atoms with Crippen molar-refractivity contribution < 1.29 is 0 Å². The molecular formula is C14H18BrN5O. The Balaban J connectivity index is 1.83. The molecule has 21 heavy (non-hydrogen) atoms. The molecule has 112 valence electrons. The Labute approximate surface area is 131 Å². The summed E-state index contributed by atoms with van der Waals surface area (Å²) in [6.45, 7) is 2.66. The van der Waals surface area contributed by atoms with Gasteiger partial charge in [-0.2, -0.15) is 5.10 Å². The van der Waals surface area contributed by atoms with Crippen LogP contribution < -0.4 is 10.9 Å². The summed E-state index contributed by atoms with van der Waals surface area (Å²) in [6, 6.07) is -0.0800. The molecule has 7 heteroatoms. The Kier molecular flexibility index (Phi) is 4.10. The minimum absolute atomic E-state index is 0.0800. The van der Waals surface area contributed by atoms with Crippen LogP contribution in [0.3, 0.4) is 0 Å². The minimum atomic E-state index is -0.0883. The highest BCUT2D eigenvalue weighted by Gasteiger charge is 2.21. The van der Waals surface area contributed by atoms with Gasteiger partial charge in [0, 0.05) is 18.9 Å². The molecule has 0 aliphatic heterocycles. The Morgan fingerprint density at radius 2 is 2.38 bits per heavy atom. The quantitative estimate of drug-likeness (QED) is 0.868. The number of aromatic nitrogens is 4. The zero-order chi connectivity index (χ0) is 14.8. The second kappa shape index (κ2) is 6.01. The number of hydrogen-bond acceptors (Lipinski definition) is 4. The highest BCUT2D eigenvalue weighted by Crippen LogP contribution is 2.28. The summed E-state index contributed by atoms with van der Waals surface area (Å²) >= 11 is 3.40. The van der Waals surface area contributed by atoms with Gasteiger partial charge in [-0.05, 0) is 41.6 Å². The van der Waals surface area contributed by atoms with Gasteiger partial charge in [0.2, 0.25) is 0 Å². The van der Waals surface area contributed by atoms with E-state index in [2.05, 4.69) is 36.3 Å². The summed E-state index contributed by atoms with van der Waals surface area (Å²) in [5.41, 5.74) is 0.447. The molecule has 1 aliphatic rings. The summed E-state index contributed by atoms with van der Waals surface area (Å²) in [6.07, 6.45) is 8.79. The first-order valence-electron chi connectivity index (χ1n) is 7.16. The molecule has 1 fully saturated rings. The number of H-pyrrole nitrogens is 1. The van der Waals surface area contributed by atoms with E-state index >= 15 is 0 Å². The first kappa shape index (κ1) is 14.3. The van der Waals surface area contributed by atoms with Crippen LogP contribution in [0.15, 0.2) is 27.9 Å². The van der Waals surface area contributed by atoms with Crippen LogP contribution in [-0.2, 0) is 6.54 Å². The van der Waals surface area contributed by atoms with Gasteiger partial charge in [-0.3, -0.25) is 4.79 Å².